The second-order valence-corrected chi connectivity index (χ2v) is 8.36. The highest BCUT2D eigenvalue weighted by Gasteiger charge is 2.44. The average Bonchev–Trinajstić information content (AvgIpc) is 3.41. The average molecular weight is 456 g/mol. The van der Waals surface area contributed by atoms with Crippen LogP contribution in [0.1, 0.15) is 40.6 Å². The predicted molar refractivity (Wildman–Crippen MR) is 119 cm³/mol. The van der Waals surface area contributed by atoms with E-state index in [4.69, 9.17) is 30.2 Å². The molecule has 2 aromatic carbocycles. The van der Waals surface area contributed by atoms with Crippen LogP contribution in [0, 0.1) is 0 Å². The molecule has 0 unspecified atom stereocenters. The summed E-state index contributed by atoms with van der Waals surface area (Å²) in [6, 6.07) is 9.56. The third-order valence-corrected chi connectivity index (χ3v) is 6.31. The summed E-state index contributed by atoms with van der Waals surface area (Å²) in [5.74, 6) is 0.798. The van der Waals surface area contributed by atoms with E-state index in [-0.39, 0.29) is 23.2 Å². The number of nitrogens with zero attached hydrogens (tertiary/aromatic N) is 1. The van der Waals surface area contributed by atoms with Crippen LogP contribution in [0.25, 0.3) is 11.0 Å². The molecule has 0 radical (unpaired) electrons. The fraction of sp³-hybridized carbons (Fsp3) is 0.333. The lowest BCUT2D eigenvalue weighted by Crippen LogP contribution is -2.36. The summed E-state index contributed by atoms with van der Waals surface area (Å²) in [7, 11) is 3.10. The van der Waals surface area contributed by atoms with E-state index in [1.807, 2.05) is 6.07 Å². The van der Waals surface area contributed by atoms with E-state index >= 15 is 0 Å². The molecule has 0 saturated carbocycles. The minimum atomic E-state index is -0.638. The van der Waals surface area contributed by atoms with Crippen LogP contribution < -0.4 is 14.9 Å². The monoisotopic (exact) mass is 455 g/mol. The van der Waals surface area contributed by atoms with Crippen molar-refractivity contribution in [3.8, 4) is 11.5 Å². The Balaban J connectivity index is 1.71. The van der Waals surface area contributed by atoms with Gasteiger partial charge in [-0.3, -0.25) is 9.59 Å². The molecule has 0 spiro atoms. The van der Waals surface area contributed by atoms with Gasteiger partial charge >= 0.3 is 0 Å². The Kier molecular flexibility index (Phi) is 5.31. The summed E-state index contributed by atoms with van der Waals surface area (Å²) in [5.41, 5.74) is 1.08. The van der Waals surface area contributed by atoms with Gasteiger partial charge in [0.1, 0.15) is 5.58 Å². The van der Waals surface area contributed by atoms with E-state index in [2.05, 4.69) is 0 Å². The number of rotatable bonds is 5. The number of hydrogen-bond acceptors (Lipinski definition) is 6. The van der Waals surface area contributed by atoms with Gasteiger partial charge in [0.15, 0.2) is 16.9 Å². The summed E-state index contributed by atoms with van der Waals surface area (Å²) in [6.07, 6.45) is 1.72. The fourth-order valence-corrected chi connectivity index (χ4v) is 4.73. The minimum Gasteiger partial charge on any atom is -0.493 e. The van der Waals surface area contributed by atoms with Gasteiger partial charge in [0, 0.05) is 18.2 Å². The minimum absolute atomic E-state index is 0.0580. The number of benzene rings is 2. The molecule has 1 aromatic heterocycles. The molecule has 1 fully saturated rings. The van der Waals surface area contributed by atoms with Crippen molar-refractivity contribution >= 4 is 28.5 Å². The molecule has 3 heterocycles. The number of carbonyl (C=O) groups excluding carboxylic acids is 1. The van der Waals surface area contributed by atoms with Crippen LogP contribution in [-0.2, 0) is 4.74 Å². The smallest absolute Gasteiger partial charge is 0.291 e. The van der Waals surface area contributed by atoms with Gasteiger partial charge in [0.25, 0.3) is 5.91 Å². The zero-order valence-electron chi connectivity index (χ0n) is 17.7. The van der Waals surface area contributed by atoms with Crippen molar-refractivity contribution in [3.05, 3.63) is 68.5 Å². The third-order valence-electron chi connectivity index (χ3n) is 6.08. The van der Waals surface area contributed by atoms with E-state index < -0.39 is 6.04 Å². The fourth-order valence-electron chi connectivity index (χ4n) is 4.56. The molecule has 3 aromatic rings. The van der Waals surface area contributed by atoms with Crippen LogP contribution in [0.2, 0.25) is 5.02 Å². The highest BCUT2D eigenvalue weighted by atomic mass is 35.5. The van der Waals surface area contributed by atoms with E-state index in [1.165, 1.54) is 0 Å². The molecule has 0 bridgehead atoms. The first-order valence-corrected chi connectivity index (χ1v) is 10.8. The van der Waals surface area contributed by atoms with Crippen molar-refractivity contribution in [1.82, 2.24) is 4.90 Å². The largest absolute Gasteiger partial charge is 0.493 e. The van der Waals surface area contributed by atoms with E-state index in [9.17, 15) is 9.59 Å². The van der Waals surface area contributed by atoms with E-state index in [0.717, 1.165) is 18.4 Å². The molecule has 0 N–H and O–H groups in total. The van der Waals surface area contributed by atoms with Gasteiger partial charge in [-0.15, -0.1) is 0 Å². The second kappa shape index (κ2) is 8.15. The number of halogens is 1. The Morgan fingerprint density at radius 2 is 1.91 bits per heavy atom. The molecule has 2 aliphatic heterocycles. The van der Waals surface area contributed by atoms with Gasteiger partial charge in [-0.25, -0.2) is 0 Å². The molecule has 1 saturated heterocycles. The zero-order chi connectivity index (χ0) is 22.4. The van der Waals surface area contributed by atoms with Gasteiger partial charge < -0.3 is 23.5 Å². The number of fused-ring (bicyclic) bond motifs is 2. The Morgan fingerprint density at radius 3 is 2.62 bits per heavy atom. The summed E-state index contributed by atoms with van der Waals surface area (Å²) in [4.78, 5) is 28.7. The maximum atomic E-state index is 13.6. The lowest BCUT2D eigenvalue weighted by Gasteiger charge is -2.27. The zero-order valence-corrected chi connectivity index (χ0v) is 18.5. The number of amides is 1. The normalized spacial score (nSPS) is 20.1. The Bertz CT molecular complexity index is 1260. The summed E-state index contributed by atoms with van der Waals surface area (Å²) >= 11 is 6.13. The van der Waals surface area contributed by atoms with Crippen molar-refractivity contribution in [2.75, 3.05) is 27.4 Å². The SMILES string of the molecule is COc1ccc([C@H]2c3c(oc4ccc(Cl)cc4c3=O)C(=O)N2C[C@H]2CCCO2)cc1OC. The Labute approximate surface area is 189 Å². The summed E-state index contributed by atoms with van der Waals surface area (Å²) < 4.78 is 22.6. The van der Waals surface area contributed by atoms with E-state index in [1.54, 1.807) is 49.5 Å². The quantitative estimate of drug-likeness (QED) is 0.574. The van der Waals surface area contributed by atoms with Crippen molar-refractivity contribution in [3.63, 3.8) is 0 Å². The van der Waals surface area contributed by atoms with Crippen LogP contribution in [0.3, 0.4) is 0 Å². The molecule has 7 nitrogen and oxygen atoms in total. The maximum absolute atomic E-state index is 13.6. The number of hydrogen-bond donors (Lipinski definition) is 0. The molecule has 1 amide bonds. The number of ether oxygens (including phenoxy) is 3. The van der Waals surface area contributed by atoms with Crippen LogP contribution in [-0.4, -0.2) is 44.3 Å². The number of methoxy groups -OCH3 is 2. The van der Waals surface area contributed by atoms with Gasteiger partial charge in [-0.05, 0) is 48.7 Å². The summed E-state index contributed by atoms with van der Waals surface area (Å²) in [5, 5.41) is 0.765. The van der Waals surface area contributed by atoms with Gasteiger partial charge in [0.05, 0.1) is 37.3 Å². The second-order valence-electron chi connectivity index (χ2n) is 7.92. The van der Waals surface area contributed by atoms with Crippen LogP contribution in [0.15, 0.2) is 45.6 Å². The molecule has 2 aliphatic rings. The molecule has 32 heavy (non-hydrogen) atoms. The first-order chi connectivity index (χ1) is 15.5. The highest BCUT2D eigenvalue weighted by Crippen LogP contribution is 2.41. The molecule has 0 aliphatic carbocycles. The van der Waals surface area contributed by atoms with Gasteiger partial charge in [0.2, 0.25) is 5.76 Å². The lowest BCUT2D eigenvalue weighted by atomic mass is 9.97. The third kappa shape index (κ3) is 3.32. The van der Waals surface area contributed by atoms with Gasteiger partial charge in [-0.2, -0.15) is 0 Å². The molecular formula is C24H22ClNO6. The number of carbonyl (C=O) groups is 1. The van der Waals surface area contributed by atoms with Gasteiger partial charge in [-0.1, -0.05) is 17.7 Å². The van der Waals surface area contributed by atoms with Crippen LogP contribution >= 0.6 is 11.6 Å². The van der Waals surface area contributed by atoms with Crippen LogP contribution in [0.4, 0.5) is 0 Å². The van der Waals surface area contributed by atoms with E-state index in [0.29, 0.717) is 46.2 Å². The first kappa shape index (κ1) is 20.8. The highest BCUT2D eigenvalue weighted by molar-refractivity contribution is 6.31. The summed E-state index contributed by atoms with van der Waals surface area (Å²) in [6.45, 7) is 1.03. The molecule has 2 atom stereocenters. The Morgan fingerprint density at radius 1 is 1.09 bits per heavy atom. The van der Waals surface area contributed by atoms with Crippen LogP contribution in [0.5, 0.6) is 11.5 Å². The standard InChI is InChI=1S/C24H22ClNO6/c1-29-18-7-5-13(10-19(18)30-2)21-20-22(27)16-11-14(25)6-8-17(16)32-23(20)24(28)26(21)12-15-4-3-9-31-15/h5-8,10-11,15,21H,3-4,9,12H2,1-2H3/t15-,21+/m1/s1. The Hall–Kier alpha value is -3.03. The maximum Gasteiger partial charge on any atom is 0.291 e. The lowest BCUT2D eigenvalue weighted by molar-refractivity contribution is 0.0486. The first-order valence-electron chi connectivity index (χ1n) is 10.4. The molecule has 5 rings (SSSR count). The van der Waals surface area contributed by atoms with Crippen molar-refractivity contribution in [2.45, 2.75) is 25.0 Å². The van der Waals surface area contributed by atoms with Crippen molar-refractivity contribution in [1.29, 1.82) is 0 Å². The molecular weight excluding hydrogens is 434 g/mol. The van der Waals surface area contributed by atoms with Crippen molar-refractivity contribution in [2.24, 2.45) is 0 Å². The molecule has 8 heteroatoms. The molecule has 166 valence electrons. The predicted octanol–water partition coefficient (Wildman–Crippen LogP) is 4.19. The van der Waals surface area contributed by atoms with Crippen molar-refractivity contribution < 1.29 is 23.4 Å². The topological polar surface area (TPSA) is 78.2 Å².